The molecule has 1 N–H and O–H groups in total. The second kappa shape index (κ2) is 8.17. The van der Waals surface area contributed by atoms with Gasteiger partial charge in [0.25, 0.3) is 5.69 Å². The number of anilines is 2. The van der Waals surface area contributed by atoms with E-state index >= 15 is 0 Å². The number of nitrogens with zero attached hydrogens (tertiary/aromatic N) is 5. The number of carbonyl (C=O) groups is 1. The number of hydrogen-bond donors (Lipinski definition) is 1. The van der Waals surface area contributed by atoms with Gasteiger partial charge < -0.3 is 24.2 Å². The number of carboxylic acid groups (broad SMARTS) is 1. The number of aryl methyl sites for hydroxylation is 1. The molecule has 1 aliphatic rings. The van der Waals surface area contributed by atoms with Crippen molar-refractivity contribution >= 4 is 34.1 Å². The van der Waals surface area contributed by atoms with Crippen molar-refractivity contribution in [3.05, 3.63) is 62.6 Å². The molecular formula is C21H21N5O6. The highest BCUT2D eigenvalue weighted by Gasteiger charge is 2.31. The zero-order valence-corrected chi connectivity index (χ0v) is 17.5. The Morgan fingerprint density at radius 1 is 1.22 bits per heavy atom. The largest absolute Gasteiger partial charge is 0.492 e. The van der Waals surface area contributed by atoms with Gasteiger partial charge in [0.15, 0.2) is 11.4 Å². The third-order valence-electron chi connectivity index (χ3n) is 5.57. The summed E-state index contributed by atoms with van der Waals surface area (Å²) in [6.45, 7) is 2.12. The zero-order valence-electron chi connectivity index (χ0n) is 17.5. The summed E-state index contributed by atoms with van der Waals surface area (Å²) in [6, 6.07) is 6.79. The first-order valence-corrected chi connectivity index (χ1v) is 9.86. The minimum absolute atomic E-state index is 0.0770. The average Bonchev–Trinajstić information content (AvgIpc) is 2.80. The summed E-state index contributed by atoms with van der Waals surface area (Å²) in [6.07, 6.45) is 2.91. The lowest BCUT2D eigenvalue weighted by Crippen LogP contribution is -2.47. The quantitative estimate of drug-likeness (QED) is 0.467. The zero-order chi connectivity index (χ0) is 23.0. The van der Waals surface area contributed by atoms with E-state index in [0.717, 1.165) is 11.9 Å². The van der Waals surface area contributed by atoms with E-state index in [4.69, 9.17) is 4.74 Å². The number of benzene rings is 1. The van der Waals surface area contributed by atoms with E-state index in [9.17, 15) is 24.8 Å². The Kier molecular flexibility index (Phi) is 5.39. The molecule has 0 atom stereocenters. The van der Waals surface area contributed by atoms with Crippen LogP contribution in [0.15, 0.2) is 41.5 Å². The Balaban J connectivity index is 1.84. The van der Waals surface area contributed by atoms with Crippen molar-refractivity contribution in [1.29, 1.82) is 0 Å². The average molecular weight is 439 g/mol. The summed E-state index contributed by atoms with van der Waals surface area (Å²) >= 11 is 0. The topological polar surface area (TPSA) is 131 Å². The van der Waals surface area contributed by atoms with E-state index in [1.54, 1.807) is 13.2 Å². The van der Waals surface area contributed by atoms with Crippen molar-refractivity contribution in [3.63, 3.8) is 0 Å². The molecule has 32 heavy (non-hydrogen) atoms. The summed E-state index contributed by atoms with van der Waals surface area (Å²) in [4.78, 5) is 43.9. The SMILES string of the molecule is COc1c(N2CCN(c3ccccn3)CC2)c([N+](=O)[O-])cc2c(=O)c(C(=O)O)cn(C)c12. The lowest BCUT2D eigenvalue weighted by Gasteiger charge is -2.37. The van der Waals surface area contributed by atoms with Crippen molar-refractivity contribution in [1.82, 2.24) is 9.55 Å². The molecule has 1 aromatic carbocycles. The summed E-state index contributed by atoms with van der Waals surface area (Å²) in [5.41, 5.74) is -0.995. The first-order valence-electron chi connectivity index (χ1n) is 9.86. The van der Waals surface area contributed by atoms with Crippen LogP contribution in [0.5, 0.6) is 5.75 Å². The van der Waals surface area contributed by atoms with Crippen LogP contribution < -0.4 is 20.0 Å². The molecule has 2 aromatic heterocycles. The van der Waals surface area contributed by atoms with E-state index in [-0.39, 0.29) is 22.5 Å². The van der Waals surface area contributed by atoms with Gasteiger partial charge in [0.2, 0.25) is 5.43 Å². The molecule has 11 heteroatoms. The number of carboxylic acids is 1. The van der Waals surface area contributed by atoms with E-state index in [1.807, 2.05) is 23.1 Å². The van der Waals surface area contributed by atoms with Crippen LogP contribution in [0, 0.1) is 10.1 Å². The Hall–Kier alpha value is -4.15. The van der Waals surface area contributed by atoms with Crippen LogP contribution in [0.3, 0.4) is 0 Å². The molecule has 0 spiro atoms. The van der Waals surface area contributed by atoms with Gasteiger partial charge in [0, 0.05) is 51.7 Å². The number of hydrogen-bond acceptors (Lipinski definition) is 8. The summed E-state index contributed by atoms with van der Waals surface area (Å²) < 4.78 is 7.03. The summed E-state index contributed by atoms with van der Waals surface area (Å²) in [7, 11) is 2.95. The Bertz CT molecular complexity index is 1270. The number of fused-ring (bicyclic) bond motifs is 1. The number of methoxy groups -OCH3 is 1. The van der Waals surface area contributed by atoms with Gasteiger partial charge in [-0.05, 0) is 12.1 Å². The third-order valence-corrected chi connectivity index (χ3v) is 5.57. The van der Waals surface area contributed by atoms with Gasteiger partial charge in [0.05, 0.1) is 22.9 Å². The van der Waals surface area contributed by atoms with Crippen LogP contribution in [-0.2, 0) is 7.05 Å². The normalized spacial score (nSPS) is 13.9. The van der Waals surface area contributed by atoms with Gasteiger partial charge in [-0.25, -0.2) is 9.78 Å². The predicted octanol–water partition coefficient (Wildman–Crippen LogP) is 1.88. The van der Waals surface area contributed by atoms with E-state index < -0.39 is 21.9 Å². The standard InChI is InChI=1S/C21H21N5O6/c1-23-12-14(21(28)29)19(27)13-11-15(26(30)31)18(20(32-2)17(13)23)25-9-7-24(8-10-25)16-5-3-4-6-22-16/h3-6,11-12H,7-10H2,1-2H3,(H,28,29). The molecule has 3 heterocycles. The van der Waals surface area contributed by atoms with Crippen LogP contribution in [0.2, 0.25) is 0 Å². The van der Waals surface area contributed by atoms with Crippen molar-refractivity contribution < 1.29 is 19.6 Å². The van der Waals surface area contributed by atoms with Gasteiger partial charge in [-0.2, -0.15) is 0 Å². The first-order chi connectivity index (χ1) is 15.3. The number of ether oxygens (including phenoxy) is 1. The second-order valence-corrected chi connectivity index (χ2v) is 7.38. The molecule has 1 saturated heterocycles. The molecule has 0 aliphatic carbocycles. The van der Waals surface area contributed by atoms with Crippen molar-refractivity contribution in [2.45, 2.75) is 0 Å². The maximum absolute atomic E-state index is 12.8. The molecule has 0 bridgehead atoms. The van der Waals surface area contributed by atoms with Crippen molar-refractivity contribution in [2.24, 2.45) is 7.05 Å². The van der Waals surface area contributed by atoms with Crippen LogP contribution in [0.4, 0.5) is 17.2 Å². The van der Waals surface area contributed by atoms with Crippen LogP contribution in [0.1, 0.15) is 10.4 Å². The molecule has 11 nitrogen and oxygen atoms in total. The highest BCUT2D eigenvalue weighted by Crippen LogP contribution is 2.43. The van der Waals surface area contributed by atoms with E-state index in [2.05, 4.69) is 9.88 Å². The lowest BCUT2D eigenvalue weighted by molar-refractivity contribution is -0.384. The minimum atomic E-state index is -1.40. The maximum atomic E-state index is 12.8. The van der Waals surface area contributed by atoms with Gasteiger partial charge in [-0.3, -0.25) is 14.9 Å². The second-order valence-electron chi connectivity index (χ2n) is 7.38. The van der Waals surface area contributed by atoms with Gasteiger partial charge in [-0.15, -0.1) is 0 Å². The smallest absolute Gasteiger partial charge is 0.341 e. The molecule has 166 valence electrons. The van der Waals surface area contributed by atoms with Crippen LogP contribution in [-0.4, -0.2) is 58.8 Å². The van der Waals surface area contributed by atoms with Crippen molar-refractivity contribution in [3.8, 4) is 5.75 Å². The van der Waals surface area contributed by atoms with Crippen LogP contribution >= 0.6 is 0 Å². The number of aromatic carboxylic acids is 1. The summed E-state index contributed by atoms with van der Waals surface area (Å²) in [5.74, 6) is -0.406. The van der Waals surface area contributed by atoms with Gasteiger partial charge >= 0.3 is 5.97 Å². The number of piperazine rings is 1. The number of pyridine rings is 2. The summed E-state index contributed by atoms with van der Waals surface area (Å²) in [5, 5.41) is 21.2. The molecule has 3 aromatic rings. The molecular weight excluding hydrogens is 418 g/mol. The molecule has 1 fully saturated rings. The first kappa shape index (κ1) is 21.1. The molecule has 0 radical (unpaired) electrons. The maximum Gasteiger partial charge on any atom is 0.341 e. The fraction of sp³-hybridized carbons (Fsp3) is 0.286. The minimum Gasteiger partial charge on any atom is -0.492 e. The fourth-order valence-electron chi connectivity index (χ4n) is 4.10. The number of nitro groups is 1. The molecule has 0 saturated carbocycles. The lowest BCUT2D eigenvalue weighted by atomic mass is 10.1. The molecule has 0 amide bonds. The third kappa shape index (κ3) is 3.47. The highest BCUT2D eigenvalue weighted by molar-refractivity contribution is 5.99. The van der Waals surface area contributed by atoms with E-state index in [1.165, 1.54) is 17.9 Å². The van der Waals surface area contributed by atoms with Crippen LogP contribution in [0.25, 0.3) is 10.9 Å². The Labute approximate surface area is 182 Å². The van der Waals surface area contributed by atoms with Crippen molar-refractivity contribution in [2.75, 3.05) is 43.1 Å². The number of aromatic nitrogens is 2. The highest BCUT2D eigenvalue weighted by atomic mass is 16.6. The number of rotatable bonds is 5. The monoisotopic (exact) mass is 439 g/mol. The molecule has 0 unspecified atom stereocenters. The number of nitro benzene ring substituents is 1. The van der Waals surface area contributed by atoms with Gasteiger partial charge in [-0.1, -0.05) is 6.07 Å². The predicted molar refractivity (Wildman–Crippen MR) is 118 cm³/mol. The Morgan fingerprint density at radius 2 is 1.91 bits per heavy atom. The van der Waals surface area contributed by atoms with Gasteiger partial charge in [0.1, 0.15) is 11.4 Å². The molecule has 1 aliphatic heterocycles. The fourth-order valence-corrected chi connectivity index (χ4v) is 4.10. The molecule has 4 rings (SSSR count). The van der Waals surface area contributed by atoms with E-state index in [0.29, 0.717) is 31.7 Å². The Morgan fingerprint density at radius 3 is 2.47 bits per heavy atom.